The number of piperazine rings is 1. The van der Waals surface area contributed by atoms with Crippen molar-refractivity contribution in [2.75, 3.05) is 39.3 Å². The number of amides is 1. The van der Waals surface area contributed by atoms with Crippen LogP contribution in [0.5, 0.6) is 5.75 Å². The summed E-state index contributed by atoms with van der Waals surface area (Å²) in [4.78, 5) is 29.7. The molecule has 178 valence electrons. The quantitative estimate of drug-likeness (QED) is 0.716. The van der Waals surface area contributed by atoms with Gasteiger partial charge in [-0.25, -0.2) is 4.79 Å². The number of fused-ring (bicyclic) bond motifs is 2. The first-order valence-corrected chi connectivity index (χ1v) is 12.4. The Morgan fingerprint density at radius 1 is 1.09 bits per heavy atom. The molecular formula is C26H34N2O5. The summed E-state index contributed by atoms with van der Waals surface area (Å²) >= 11 is 0. The lowest BCUT2D eigenvalue weighted by Crippen LogP contribution is -2.49. The molecule has 1 saturated heterocycles. The van der Waals surface area contributed by atoms with Gasteiger partial charge in [-0.3, -0.25) is 9.69 Å². The van der Waals surface area contributed by atoms with Gasteiger partial charge in [-0.15, -0.1) is 0 Å². The summed E-state index contributed by atoms with van der Waals surface area (Å²) in [6, 6.07) is 3.99. The van der Waals surface area contributed by atoms with Gasteiger partial charge in [0.1, 0.15) is 16.9 Å². The number of β-amino-alcohol motifs (C(OH)–C–C–N with tert-alkyl or cyclic N) is 1. The third kappa shape index (κ3) is 4.41. The van der Waals surface area contributed by atoms with Crippen molar-refractivity contribution in [3.05, 3.63) is 39.2 Å². The number of nitrogens with zero attached hydrogens (tertiary/aromatic N) is 2. The van der Waals surface area contributed by atoms with Crippen molar-refractivity contribution in [3.8, 4) is 5.75 Å². The standard InChI is InChI=1S/C26H34N2O5/c1-18-20-15-19-5-8-26(6-3-2-4-7-26)33-22(19)17-23(20)32-25(31)21(18)16-24(30)28-11-9-27(10-12-28)13-14-29/h15,17,29H,2-14,16H2,1H3. The molecular weight excluding hydrogens is 420 g/mol. The molecule has 1 spiro atoms. The van der Waals surface area contributed by atoms with E-state index >= 15 is 0 Å². The van der Waals surface area contributed by atoms with Gasteiger partial charge in [0.15, 0.2) is 0 Å². The molecule has 7 nitrogen and oxygen atoms in total. The topological polar surface area (TPSA) is 83.2 Å². The summed E-state index contributed by atoms with van der Waals surface area (Å²) in [7, 11) is 0. The van der Waals surface area contributed by atoms with Crippen molar-refractivity contribution in [2.45, 2.75) is 63.9 Å². The maximum absolute atomic E-state index is 12.9. The van der Waals surface area contributed by atoms with Crippen molar-refractivity contribution in [1.29, 1.82) is 0 Å². The minimum atomic E-state index is -0.435. The van der Waals surface area contributed by atoms with Crippen molar-refractivity contribution < 1.29 is 19.1 Å². The highest BCUT2D eigenvalue weighted by molar-refractivity contribution is 5.86. The largest absolute Gasteiger partial charge is 0.487 e. The molecule has 1 amide bonds. The molecule has 0 atom stereocenters. The van der Waals surface area contributed by atoms with Gasteiger partial charge < -0.3 is 19.2 Å². The molecule has 1 saturated carbocycles. The van der Waals surface area contributed by atoms with Crippen LogP contribution in [0.4, 0.5) is 0 Å². The second-order valence-corrected chi connectivity index (χ2v) is 9.92. The van der Waals surface area contributed by atoms with Gasteiger partial charge in [0.25, 0.3) is 0 Å². The summed E-state index contributed by atoms with van der Waals surface area (Å²) in [6.45, 7) is 5.38. The first-order valence-electron chi connectivity index (χ1n) is 12.4. The van der Waals surface area contributed by atoms with Crippen LogP contribution in [-0.4, -0.2) is 65.7 Å². The maximum atomic E-state index is 12.9. The molecule has 3 aliphatic rings. The maximum Gasteiger partial charge on any atom is 0.340 e. The van der Waals surface area contributed by atoms with Crippen LogP contribution >= 0.6 is 0 Å². The van der Waals surface area contributed by atoms with Crippen LogP contribution in [-0.2, 0) is 17.6 Å². The summed E-state index contributed by atoms with van der Waals surface area (Å²) < 4.78 is 12.2. The van der Waals surface area contributed by atoms with Gasteiger partial charge in [-0.05, 0) is 62.6 Å². The number of benzene rings is 1. The highest BCUT2D eigenvalue weighted by Gasteiger charge is 2.37. The second kappa shape index (κ2) is 9.11. The number of rotatable bonds is 4. The summed E-state index contributed by atoms with van der Waals surface area (Å²) in [5.41, 5.74) is 2.49. The van der Waals surface area contributed by atoms with Gasteiger partial charge in [0.05, 0.1) is 18.6 Å². The van der Waals surface area contributed by atoms with Gasteiger partial charge in [0.2, 0.25) is 5.91 Å². The summed E-state index contributed by atoms with van der Waals surface area (Å²) in [6.07, 6.45) is 7.97. The molecule has 2 aliphatic heterocycles. The summed E-state index contributed by atoms with van der Waals surface area (Å²) in [5.74, 6) is 0.803. The Labute approximate surface area is 194 Å². The van der Waals surface area contributed by atoms with E-state index in [1.807, 2.05) is 13.0 Å². The lowest BCUT2D eigenvalue weighted by molar-refractivity contribution is -0.132. The molecule has 0 radical (unpaired) electrons. The molecule has 5 rings (SSSR count). The minimum Gasteiger partial charge on any atom is -0.487 e. The van der Waals surface area contributed by atoms with Crippen LogP contribution in [0.2, 0.25) is 0 Å². The first-order chi connectivity index (χ1) is 16.0. The molecule has 0 unspecified atom stereocenters. The highest BCUT2D eigenvalue weighted by atomic mass is 16.5. The fraction of sp³-hybridized carbons (Fsp3) is 0.615. The Bertz CT molecular complexity index is 1090. The van der Waals surface area contributed by atoms with E-state index in [0.717, 1.165) is 61.0 Å². The fourth-order valence-electron chi connectivity index (χ4n) is 5.78. The van der Waals surface area contributed by atoms with Gasteiger partial charge in [-0.1, -0.05) is 6.42 Å². The Balaban J connectivity index is 1.37. The number of aliphatic hydroxyl groups is 1. The average molecular weight is 455 g/mol. The van der Waals surface area contributed by atoms with Crippen LogP contribution in [0.3, 0.4) is 0 Å². The van der Waals surface area contributed by atoms with E-state index in [9.17, 15) is 9.59 Å². The molecule has 1 aromatic carbocycles. The molecule has 7 heteroatoms. The van der Waals surface area contributed by atoms with Crippen molar-refractivity contribution in [2.24, 2.45) is 0 Å². The van der Waals surface area contributed by atoms with Crippen LogP contribution in [0.15, 0.2) is 21.3 Å². The number of carbonyl (C=O) groups excluding carboxylic acids is 1. The molecule has 33 heavy (non-hydrogen) atoms. The highest BCUT2D eigenvalue weighted by Crippen LogP contribution is 2.43. The molecule has 2 fully saturated rings. The minimum absolute atomic E-state index is 0.0473. The van der Waals surface area contributed by atoms with E-state index in [-0.39, 0.29) is 24.5 Å². The third-order valence-electron chi connectivity index (χ3n) is 7.88. The van der Waals surface area contributed by atoms with Crippen molar-refractivity contribution in [1.82, 2.24) is 9.80 Å². The third-order valence-corrected chi connectivity index (χ3v) is 7.88. The molecule has 3 heterocycles. The summed E-state index contributed by atoms with van der Waals surface area (Å²) in [5, 5.41) is 10.00. The van der Waals surface area contributed by atoms with E-state index in [1.54, 1.807) is 4.90 Å². The average Bonchev–Trinajstić information content (AvgIpc) is 2.82. The first kappa shape index (κ1) is 22.4. The van der Waals surface area contributed by atoms with E-state index in [4.69, 9.17) is 14.3 Å². The van der Waals surface area contributed by atoms with Crippen LogP contribution in [0.1, 0.15) is 55.2 Å². The van der Waals surface area contributed by atoms with Crippen molar-refractivity contribution in [3.63, 3.8) is 0 Å². The Morgan fingerprint density at radius 3 is 2.58 bits per heavy atom. The predicted molar refractivity (Wildman–Crippen MR) is 126 cm³/mol. The van der Waals surface area contributed by atoms with E-state index in [2.05, 4.69) is 11.0 Å². The number of aliphatic hydroxyl groups excluding tert-OH is 1. The molecule has 1 aliphatic carbocycles. The molecule has 1 aromatic heterocycles. The van der Waals surface area contributed by atoms with Gasteiger partial charge in [-0.2, -0.15) is 0 Å². The SMILES string of the molecule is Cc1c(CC(=O)N2CCN(CCO)CC2)c(=O)oc2cc3c(cc12)CCC1(CCCCC1)O3. The fourth-order valence-corrected chi connectivity index (χ4v) is 5.78. The molecule has 0 bridgehead atoms. The van der Waals surface area contributed by atoms with E-state index < -0.39 is 5.63 Å². The Kier molecular flexibility index (Phi) is 6.18. The number of aryl methyl sites for hydroxylation is 2. The van der Waals surface area contributed by atoms with Crippen LogP contribution < -0.4 is 10.4 Å². The van der Waals surface area contributed by atoms with Crippen molar-refractivity contribution >= 4 is 16.9 Å². The Hall–Kier alpha value is -2.38. The normalized spacial score (nSPS) is 20.6. The van der Waals surface area contributed by atoms with Crippen LogP contribution in [0, 0.1) is 6.92 Å². The lowest BCUT2D eigenvalue weighted by atomic mass is 9.79. The molecule has 1 N–H and O–H groups in total. The zero-order valence-electron chi connectivity index (χ0n) is 19.5. The van der Waals surface area contributed by atoms with E-state index in [0.29, 0.717) is 30.8 Å². The monoisotopic (exact) mass is 454 g/mol. The number of hydrogen-bond donors (Lipinski definition) is 1. The van der Waals surface area contributed by atoms with Gasteiger partial charge >= 0.3 is 5.63 Å². The predicted octanol–water partition coefficient (Wildman–Crippen LogP) is 2.81. The van der Waals surface area contributed by atoms with Gasteiger partial charge in [0, 0.05) is 44.2 Å². The number of carbonyl (C=O) groups is 1. The zero-order chi connectivity index (χ0) is 23.0. The van der Waals surface area contributed by atoms with E-state index in [1.165, 1.54) is 19.3 Å². The van der Waals surface area contributed by atoms with Crippen LogP contribution in [0.25, 0.3) is 11.0 Å². The number of hydrogen-bond acceptors (Lipinski definition) is 6. The molecule has 2 aromatic rings. The second-order valence-electron chi connectivity index (χ2n) is 9.92. The number of ether oxygens (including phenoxy) is 1. The smallest absolute Gasteiger partial charge is 0.340 e. The Morgan fingerprint density at radius 2 is 1.85 bits per heavy atom. The zero-order valence-corrected chi connectivity index (χ0v) is 19.5. The lowest BCUT2D eigenvalue weighted by Gasteiger charge is -2.41.